The fourth-order valence-electron chi connectivity index (χ4n) is 1.57. The van der Waals surface area contributed by atoms with Crippen molar-refractivity contribution in [1.29, 1.82) is 0 Å². The molecule has 2 amide bonds. The quantitative estimate of drug-likeness (QED) is 0.718. The average Bonchev–Trinajstić information content (AvgIpc) is 2.41. The van der Waals surface area contributed by atoms with Crippen molar-refractivity contribution in [2.75, 3.05) is 13.2 Å². The Morgan fingerprint density at radius 1 is 1.35 bits per heavy atom. The van der Waals surface area contributed by atoms with Crippen molar-refractivity contribution < 1.29 is 19.1 Å². The van der Waals surface area contributed by atoms with Gasteiger partial charge in [-0.05, 0) is 24.1 Å². The molecule has 0 spiro atoms. The Bertz CT molecular complexity index is 477. The Labute approximate surface area is 117 Å². The van der Waals surface area contributed by atoms with Crippen molar-refractivity contribution in [2.24, 2.45) is 5.92 Å². The van der Waals surface area contributed by atoms with Gasteiger partial charge in [-0.1, -0.05) is 19.9 Å². The summed E-state index contributed by atoms with van der Waals surface area (Å²) in [6.07, 6.45) is 0. The maximum atomic E-state index is 12.9. The normalized spacial score (nSPS) is 12.1. The summed E-state index contributed by atoms with van der Waals surface area (Å²) in [6.45, 7) is 3.35. The lowest BCUT2D eigenvalue weighted by Gasteiger charge is -2.19. The average molecular weight is 282 g/mol. The summed E-state index contributed by atoms with van der Waals surface area (Å²) in [6, 6.07) is 4.86. The fourth-order valence-corrected chi connectivity index (χ4v) is 1.57. The molecule has 1 aromatic rings. The van der Waals surface area contributed by atoms with Crippen molar-refractivity contribution in [3.05, 3.63) is 35.6 Å². The summed E-state index contributed by atoms with van der Waals surface area (Å²) >= 11 is 0. The highest BCUT2D eigenvalue weighted by Crippen LogP contribution is 2.03. The van der Waals surface area contributed by atoms with Crippen LogP contribution >= 0.6 is 0 Å². The van der Waals surface area contributed by atoms with E-state index in [0.29, 0.717) is 0 Å². The summed E-state index contributed by atoms with van der Waals surface area (Å²) < 4.78 is 12.9. The van der Waals surface area contributed by atoms with Crippen LogP contribution in [0, 0.1) is 11.7 Å². The first-order chi connectivity index (χ1) is 9.43. The number of rotatable bonds is 6. The van der Waals surface area contributed by atoms with Crippen LogP contribution in [0.1, 0.15) is 24.2 Å². The maximum absolute atomic E-state index is 12.9. The second-order valence-corrected chi connectivity index (χ2v) is 4.79. The zero-order chi connectivity index (χ0) is 15.1. The molecule has 1 rings (SSSR count). The molecule has 0 heterocycles. The number of carbonyl (C=O) groups excluding carboxylic acids is 2. The molecule has 110 valence electrons. The van der Waals surface area contributed by atoms with Crippen LogP contribution in [-0.4, -0.2) is 36.1 Å². The monoisotopic (exact) mass is 282 g/mol. The van der Waals surface area contributed by atoms with Gasteiger partial charge in [-0.15, -0.1) is 0 Å². The minimum Gasteiger partial charge on any atom is -0.394 e. The van der Waals surface area contributed by atoms with Crippen LogP contribution in [-0.2, 0) is 4.79 Å². The van der Waals surface area contributed by atoms with Gasteiger partial charge in [0.1, 0.15) is 5.82 Å². The van der Waals surface area contributed by atoms with Crippen molar-refractivity contribution in [1.82, 2.24) is 10.6 Å². The molecule has 20 heavy (non-hydrogen) atoms. The Hall–Kier alpha value is -1.95. The van der Waals surface area contributed by atoms with Gasteiger partial charge < -0.3 is 15.7 Å². The highest BCUT2D eigenvalue weighted by Gasteiger charge is 2.15. The summed E-state index contributed by atoms with van der Waals surface area (Å²) in [5.74, 6) is -1.35. The van der Waals surface area contributed by atoms with E-state index >= 15 is 0 Å². The summed E-state index contributed by atoms with van der Waals surface area (Å²) in [5, 5.41) is 14.1. The van der Waals surface area contributed by atoms with Crippen LogP contribution in [0.15, 0.2) is 24.3 Å². The first-order valence-corrected chi connectivity index (χ1v) is 6.38. The number of amides is 2. The van der Waals surface area contributed by atoms with Gasteiger partial charge >= 0.3 is 0 Å². The molecular weight excluding hydrogens is 263 g/mol. The smallest absolute Gasteiger partial charge is 0.251 e. The second-order valence-electron chi connectivity index (χ2n) is 4.79. The van der Waals surface area contributed by atoms with Crippen LogP contribution < -0.4 is 10.6 Å². The van der Waals surface area contributed by atoms with Gasteiger partial charge in [-0.2, -0.15) is 0 Å². The lowest BCUT2D eigenvalue weighted by molar-refractivity contribution is -0.121. The number of aliphatic hydroxyl groups excluding tert-OH is 1. The minimum absolute atomic E-state index is 0.0860. The van der Waals surface area contributed by atoms with E-state index < -0.39 is 17.6 Å². The third kappa shape index (κ3) is 4.97. The standard InChI is InChI=1S/C14H19FN2O3/c1-9(2)12(8-18)17-13(19)7-16-14(20)10-4-3-5-11(15)6-10/h3-6,9,12,18H,7-8H2,1-2H3,(H,16,20)(H,17,19). The van der Waals surface area contributed by atoms with Crippen LogP contribution in [0.2, 0.25) is 0 Å². The Balaban J connectivity index is 2.47. The molecule has 0 aliphatic rings. The SMILES string of the molecule is CC(C)C(CO)NC(=O)CNC(=O)c1cccc(F)c1. The fraction of sp³-hybridized carbons (Fsp3) is 0.429. The molecule has 1 aromatic carbocycles. The second kappa shape index (κ2) is 7.59. The topological polar surface area (TPSA) is 78.4 Å². The molecule has 1 unspecified atom stereocenters. The van der Waals surface area contributed by atoms with Gasteiger partial charge in [0.25, 0.3) is 5.91 Å². The third-order valence-electron chi connectivity index (χ3n) is 2.84. The maximum Gasteiger partial charge on any atom is 0.251 e. The van der Waals surface area contributed by atoms with Crippen LogP contribution in [0.5, 0.6) is 0 Å². The molecule has 0 aliphatic carbocycles. The van der Waals surface area contributed by atoms with Crippen molar-refractivity contribution in [3.63, 3.8) is 0 Å². The van der Waals surface area contributed by atoms with E-state index in [1.165, 1.54) is 18.2 Å². The number of aliphatic hydroxyl groups is 1. The molecule has 0 aromatic heterocycles. The minimum atomic E-state index is -0.523. The van der Waals surface area contributed by atoms with Gasteiger partial charge in [0.15, 0.2) is 0 Å². The molecule has 1 atom stereocenters. The molecule has 0 saturated heterocycles. The first-order valence-electron chi connectivity index (χ1n) is 6.38. The number of hydrogen-bond donors (Lipinski definition) is 3. The molecule has 0 aliphatic heterocycles. The number of carbonyl (C=O) groups is 2. The zero-order valence-electron chi connectivity index (χ0n) is 11.5. The number of hydrogen-bond acceptors (Lipinski definition) is 3. The molecule has 6 heteroatoms. The van der Waals surface area contributed by atoms with E-state index in [-0.39, 0.29) is 30.7 Å². The van der Waals surface area contributed by atoms with Gasteiger partial charge in [-0.25, -0.2) is 4.39 Å². The van der Waals surface area contributed by atoms with Gasteiger partial charge in [0.05, 0.1) is 19.2 Å². The highest BCUT2D eigenvalue weighted by molar-refractivity contribution is 5.96. The Kier molecular flexibility index (Phi) is 6.11. The summed E-state index contributed by atoms with van der Waals surface area (Å²) in [5.41, 5.74) is 0.153. The molecule has 5 nitrogen and oxygen atoms in total. The predicted octanol–water partition coefficient (Wildman–Crippen LogP) is 0.689. The van der Waals surface area contributed by atoms with Gasteiger partial charge in [0.2, 0.25) is 5.91 Å². The van der Waals surface area contributed by atoms with Crippen LogP contribution in [0.3, 0.4) is 0 Å². The van der Waals surface area contributed by atoms with E-state index in [2.05, 4.69) is 10.6 Å². The molecule has 3 N–H and O–H groups in total. The van der Waals surface area contributed by atoms with Gasteiger partial charge in [-0.3, -0.25) is 9.59 Å². The first kappa shape index (κ1) is 16.1. The van der Waals surface area contributed by atoms with E-state index in [1.807, 2.05) is 13.8 Å². The molecule has 0 bridgehead atoms. The summed E-state index contributed by atoms with van der Waals surface area (Å²) in [4.78, 5) is 23.3. The van der Waals surface area contributed by atoms with Gasteiger partial charge in [0, 0.05) is 5.56 Å². The zero-order valence-corrected chi connectivity index (χ0v) is 11.5. The third-order valence-corrected chi connectivity index (χ3v) is 2.84. The van der Waals surface area contributed by atoms with Crippen LogP contribution in [0.25, 0.3) is 0 Å². The Morgan fingerprint density at radius 3 is 2.60 bits per heavy atom. The molecule has 0 fully saturated rings. The lowest BCUT2D eigenvalue weighted by Crippen LogP contribution is -2.45. The van der Waals surface area contributed by atoms with Crippen molar-refractivity contribution >= 4 is 11.8 Å². The lowest BCUT2D eigenvalue weighted by atomic mass is 10.1. The van der Waals surface area contributed by atoms with E-state index in [4.69, 9.17) is 5.11 Å². The largest absolute Gasteiger partial charge is 0.394 e. The van der Waals surface area contributed by atoms with E-state index in [9.17, 15) is 14.0 Å². The molecule has 0 saturated carbocycles. The Morgan fingerprint density at radius 2 is 2.05 bits per heavy atom. The predicted molar refractivity (Wildman–Crippen MR) is 72.6 cm³/mol. The van der Waals surface area contributed by atoms with Crippen molar-refractivity contribution in [2.45, 2.75) is 19.9 Å². The molecule has 0 radical (unpaired) electrons. The summed E-state index contributed by atoms with van der Waals surface area (Å²) in [7, 11) is 0. The van der Waals surface area contributed by atoms with E-state index in [0.717, 1.165) is 6.07 Å². The van der Waals surface area contributed by atoms with E-state index in [1.54, 1.807) is 0 Å². The highest BCUT2D eigenvalue weighted by atomic mass is 19.1. The number of halogens is 1. The number of benzene rings is 1. The van der Waals surface area contributed by atoms with Crippen LogP contribution in [0.4, 0.5) is 4.39 Å². The van der Waals surface area contributed by atoms with Crippen molar-refractivity contribution in [3.8, 4) is 0 Å². The number of nitrogens with one attached hydrogen (secondary N) is 2. The molecular formula is C14H19FN2O3.